The van der Waals surface area contributed by atoms with Crippen LogP contribution in [0.25, 0.3) is 10.9 Å². The Kier molecular flexibility index (Phi) is 3.94. The summed E-state index contributed by atoms with van der Waals surface area (Å²) in [5.41, 5.74) is 1.85. The SMILES string of the molecule is COc1ccc(Cl)cc1NC(=O)c1cccc2ncccc12. The molecule has 1 N–H and O–H groups in total. The van der Waals surface area contributed by atoms with Gasteiger partial charge in [0.05, 0.1) is 18.3 Å². The van der Waals surface area contributed by atoms with E-state index in [1.807, 2.05) is 12.1 Å². The lowest BCUT2D eigenvalue weighted by atomic mass is 10.1. The van der Waals surface area contributed by atoms with Crippen molar-refractivity contribution in [2.24, 2.45) is 0 Å². The molecule has 22 heavy (non-hydrogen) atoms. The van der Waals surface area contributed by atoms with Crippen molar-refractivity contribution in [1.82, 2.24) is 4.98 Å². The van der Waals surface area contributed by atoms with Crippen LogP contribution in [0, 0.1) is 0 Å². The number of carbonyl (C=O) groups excluding carboxylic acids is 1. The third-order valence-corrected chi connectivity index (χ3v) is 3.54. The average molecular weight is 313 g/mol. The van der Waals surface area contributed by atoms with Crippen molar-refractivity contribution in [3.63, 3.8) is 0 Å². The number of hydrogen-bond acceptors (Lipinski definition) is 3. The topological polar surface area (TPSA) is 51.2 Å². The summed E-state index contributed by atoms with van der Waals surface area (Å²) < 4.78 is 5.24. The van der Waals surface area contributed by atoms with Crippen LogP contribution in [0.5, 0.6) is 5.75 Å². The highest BCUT2D eigenvalue weighted by Crippen LogP contribution is 2.28. The van der Waals surface area contributed by atoms with Crippen LogP contribution in [0.2, 0.25) is 5.02 Å². The zero-order valence-corrected chi connectivity index (χ0v) is 12.6. The number of aromatic nitrogens is 1. The predicted molar refractivity (Wildman–Crippen MR) is 87.7 cm³/mol. The Labute approximate surface area is 132 Å². The van der Waals surface area contributed by atoms with Crippen molar-refractivity contribution >= 4 is 34.1 Å². The number of nitrogens with zero attached hydrogens (tertiary/aromatic N) is 1. The number of ether oxygens (including phenoxy) is 1. The molecule has 3 rings (SSSR count). The van der Waals surface area contributed by atoms with E-state index in [1.54, 1.807) is 49.7 Å². The van der Waals surface area contributed by atoms with Gasteiger partial charge in [0.2, 0.25) is 0 Å². The minimum absolute atomic E-state index is 0.237. The van der Waals surface area contributed by atoms with E-state index in [9.17, 15) is 4.79 Å². The lowest BCUT2D eigenvalue weighted by Crippen LogP contribution is -2.13. The molecule has 0 fully saturated rings. The van der Waals surface area contributed by atoms with Gasteiger partial charge in [-0.05, 0) is 36.4 Å². The molecule has 0 spiro atoms. The van der Waals surface area contributed by atoms with Gasteiger partial charge in [-0.15, -0.1) is 0 Å². The second-order valence-electron chi connectivity index (χ2n) is 4.67. The monoisotopic (exact) mass is 312 g/mol. The molecular formula is C17H13ClN2O2. The molecule has 0 aliphatic heterocycles. The number of nitrogens with one attached hydrogen (secondary N) is 1. The van der Waals surface area contributed by atoms with Gasteiger partial charge in [0.1, 0.15) is 5.75 Å². The zero-order chi connectivity index (χ0) is 15.5. The Bertz CT molecular complexity index is 844. The van der Waals surface area contributed by atoms with Crippen molar-refractivity contribution in [3.05, 3.63) is 65.3 Å². The van der Waals surface area contributed by atoms with Crippen LogP contribution in [-0.2, 0) is 0 Å². The minimum atomic E-state index is -0.237. The summed E-state index contributed by atoms with van der Waals surface area (Å²) in [6.07, 6.45) is 1.70. The minimum Gasteiger partial charge on any atom is -0.495 e. The van der Waals surface area contributed by atoms with Crippen LogP contribution >= 0.6 is 11.6 Å². The summed E-state index contributed by atoms with van der Waals surface area (Å²) in [5.74, 6) is 0.315. The van der Waals surface area contributed by atoms with Gasteiger partial charge in [0.25, 0.3) is 5.91 Å². The molecule has 1 heterocycles. The maximum Gasteiger partial charge on any atom is 0.256 e. The first-order valence-corrected chi connectivity index (χ1v) is 7.05. The molecule has 1 amide bonds. The molecule has 3 aromatic rings. The van der Waals surface area contributed by atoms with Gasteiger partial charge in [0.15, 0.2) is 0 Å². The third-order valence-electron chi connectivity index (χ3n) is 3.30. The van der Waals surface area contributed by atoms with E-state index in [4.69, 9.17) is 16.3 Å². The van der Waals surface area contributed by atoms with Crippen molar-refractivity contribution < 1.29 is 9.53 Å². The quantitative estimate of drug-likeness (QED) is 0.790. The van der Waals surface area contributed by atoms with Gasteiger partial charge in [-0.3, -0.25) is 9.78 Å². The van der Waals surface area contributed by atoms with Crippen LogP contribution in [0.15, 0.2) is 54.7 Å². The fraction of sp³-hybridized carbons (Fsp3) is 0.0588. The van der Waals surface area contributed by atoms with Crippen LogP contribution < -0.4 is 10.1 Å². The average Bonchev–Trinajstić information content (AvgIpc) is 2.54. The summed E-state index contributed by atoms with van der Waals surface area (Å²) in [4.78, 5) is 16.8. The number of fused-ring (bicyclic) bond motifs is 1. The fourth-order valence-corrected chi connectivity index (χ4v) is 2.44. The molecule has 0 atom stereocenters. The van der Waals surface area contributed by atoms with Crippen molar-refractivity contribution in [2.45, 2.75) is 0 Å². The molecule has 1 aromatic heterocycles. The van der Waals surface area contributed by atoms with Crippen LogP contribution in [0.4, 0.5) is 5.69 Å². The Morgan fingerprint density at radius 2 is 2.05 bits per heavy atom. The number of anilines is 1. The van der Waals surface area contributed by atoms with E-state index in [-0.39, 0.29) is 5.91 Å². The van der Waals surface area contributed by atoms with Gasteiger partial charge >= 0.3 is 0 Å². The standard InChI is InChI=1S/C17H13ClN2O2/c1-22-16-8-7-11(18)10-15(16)20-17(21)13-4-2-6-14-12(13)5-3-9-19-14/h2-10H,1H3,(H,20,21). The first kappa shape index (κ1) is 14.4. The number of pyridine rings is 1. The maximum absolute atomic E-state index is 12.6. The van der Waals surface area contributed by atoms with E-state index in [0.717, 1.165) is 10.9 Å². The highest BCUT2D eigenvalue weighted by atomic mass is 35.5. The van der Waals surface area contributed by atoms with Gasteiger partial charge in [-0.1, -0.05) is 23.7 Å². The summed E-state index contributed by atoms with van der Waals surface area (Å²) in [7, 11) is 1.54. The molecule has 0 bridgehead atoms. The molecule has 0 unspecified atom stereocenters. The van der Waals surface area contributed by atoms with E-state index in [1.165, 1.54) is 0 Å². The Hall–Kier alpha value is -2.59. The number of halogens is 1. The predicted octanol–water partition coefficient (Wildman–Crippen LogP) is 4.15. The van der Waals surface area contributed by atoms with Crippen molar-refractivity contribution in [3.8, 4) is 5.75 Å². The van der Waals surface area contributed by atoms with Gasteiger partial charge < -0.3 is 10.1 Å². The van der Waals surface area contributed by atoms with Gasteiger partial charge in [-0.25, -0.2) is 0 Å². The second kappa shape index (κ2) is 6.03. The fourth-order valence-electron chi connectivity index (χ4n) is 2.27. The molecule has 0 radical (unpaired) electrons. The van der Waals surface area contributed by atoms with Crippen molar-refractivity contribution in [2.75, 3.05) is 12.4 Å². The van der Waals surface area contributed by atoms with E-state index in [0.29, 0.717) is 22.0 Å². The maximum atomic E-state index is 12.6. The first-order valence-electron chi connectivity index (χ1n) is 6.67. The number of hydrogen-bond donors (Lipinski definition) is 1. The summed E-state index contributed by atoms with van der Waals surface area (Å²) in [6, 6.07) is 14.2. The van der Waals surface area contributed by atoms with E-state index < -0.39 is 0 Å². The molecule has 110 valence electrons. The molecule has 0 saturated heterocycles. The summed E-state index contributed by atoms with van der Waals surface area (Å²) in [5, 5.41) is 4.15. The number of benzene rings is 2. The highest BCUT2D eigenvalue weighted by molar-refractivity contribution is 6.31. The smallest absolute Gasteiger partial charge is 0.256 e. The second-order valence-corrected chi connectivity index (χ2v) is 5.11. The van der Waals surface area contributed by atoms with E-state index >= 15 is 0 Å². The Morgan fingerprint density at radius 1 is 1.18 bits per heavy atom. The van der Waals surface area contributed by atoms with Crippen molar-refractivity contribution in [1.29, 1.82) is 0 Å². The Morgan fingerprint density at radius 3 is 2.86 bits per heavy atom. The number of carbonyl (C=O) groups is 1. The molecule has 0 aliphatic rings. The zero-order valence-electron chi connectivity index (χ0n) is 11.8. The van der Waals surface area contributed by atoms with E-state index in [2.05, 4.69) is 10.3 Å². The number of rotatable bonds is 3. The molecule has 2 aromatic carbocycles. The summed E-state index contributed by atoms with van der Waals surface area (Å²) >= 11 is 5.98. The first-order chi connectivity index (χ1) is 10.7. The normalized spacial score (nSPS) is 10.5. The molecule has 0 saturated carbocycles. The largest absolute Gasteiger partial charge is 0.495 e. The lowest BCUT2D eigenvalue weighted by molar-refractivity contribution is 0.102. The highest BCUT2D eigenvalue weighted by Gasteiger charge is 2.13. The Balaban J connectivity index is 1.99. The van der Waals surface area contributed by atoms with Gasteiger partial charge in [0, 0.05) is 22.2 Å². The molecule has 4 nitrogen and oxygen atoms in total. The van der Waals surface area contributed by atoms with Gasteiger partial charge in [-0.2, -0.15) is 0 Å². The number of methoxy groups -OCH3 is 1. The van der Waals surface area contributed by atoms with Crippen LogP contribution in [-0.4, -0.2) is 18.0 Å². The number of amides is 1. The summed E-state index contributed by atoms with van der Waals surface area (Å²) in [6.45, 7) is 0. The molecular weight excluding hydrogens is 300 g/mol. The van der Waals surface area contributed by atoms with Crippen LogP contribution in [0.1, 0.15) is 10.4 Å². The lowest BCUT2D eigenvalue weighted by Gasteiger charge is -2.11. The third kappa shape index (κ3) is 2.73. The molecule has 5 heteroatoms. The molecule has 0 aliphatic carbocycles. The van der Waals surface area contributed by atoms with Crippen LogP contribution in [0.3, 0.4) is 0 Å².